The summed E-state index contributed by atoms with van der Waals surface area (Å²) in [7, 11) is 0. The van der Waals surface area contributed by atoms with Crippen molar-refractivity contribution in [3.8, 4) is 0 Å². The van der Waals surface area contributed by atoms with Gasteiger partial charge in [0.25, 0.3) is 0 Å². The Morgan fingerprint density at radius 2 is 1.67 bits per heavy atom. The number of carboxylic acids is 1. The average molecular weight is 329 g/mol. The van der Waals surface area contributed by atoms with E-state index in [4.69, 9.17) is 0 Å². The van der Waals surface area contributed by atoms with Crippen LogP contribution in [0.3, 0.4) is 0 Å². The lowest BCUT2D eigenvalue weighted by Crippen LogP contribution is -2.43. The number of carboxylic acid groups (broad SMARTS) is 1. The van der Waals surface area contributed by atoms with E-state index in [1.165, 1.54) is 24.3 Å². The molecule has 2 aromatic rings. The Labute approximate surface area is 140 Å². The highest BCUT2D eigenvalue weighted by Crippen LogP contribution is 2.15. The second-order valence-electron chi connectivity index (χ2n) is 5.84. The van der Waals surface area contributed by atoms with E-state index in [2.05, 4.69) is 5.32 Å². The fraction of sp³-hybridized carbons (Fsp3) is 0.263. The van der Waals surface area contributed by atoms with Crippen molar-refractivity contribution < 1.29 is 19.1 Å². The second-order valence-corrected chi connectivity index (χ2v) is 5.84. The topological polar surface area (TPSA) is 66.4 Å². The van der Waals surface area contributed by atoms with Crippen LogP contribution in [0.15, 0.2) is 42.5 Å². The number of rotatable bonds is 6. The van der Waals surface area contributed by atoms with Gasteiger partial charge >= 0.3 is 5.97 Å². The highest BCUT2D eigenvalue weighted by Gasteiger charge is 2.22. The molecule has 1 amide bonds. The standard InChI is InChI=1S/C19H20FNO3/c1-12-4-3-5-13(2)16(12)11-17(19(23)24)21-18(22)10-14-6-8-15(20)9-7-14/h3-9,17H,10-11H2,1-2H3,(H,21,22)(H,23,24)/t17-/m1/s1. The van der Waals surface area contributed by atoms with Gasteiger partial charge < -0.3 is 10.4 Å². The summed E-state index contributed by atoms with van der Waals surface area (Å²) in [6.07, 6.45) is 0.236. The van der Waals surface area contributed by atoms with Gasteiger partial charge in [-0.3, -0.25) is 4.79 Å². The van der Waals surface area contributed by atoms with Gasteiger partial charge in [-0.2, -0.15) is 0 Å². The van der Waals surface area contributed by atoms with E-state index in [0.717, 1.165) is 16.7 Å². The van der Waals surface area contributed by atoms with Crippen LogP contribution >= 0.6 is 0 Å². The molecule has 0 bridgehead atoms. The number of aliphatic carboxylic acids is 1. The van der Waals surface area contributed by atoms with Crippen LogP contribution in [0.5, 0.6) is 0 Å². The molecule has 2 rings (SSSR count). The van der Waals surface area contributed by atoms with E-state index >= 15 is 0 Å². The zero-order chi connectivity index (χ0) is 17.7. The van der Waals surface area contributed by atoms with Crippen LogP contribution in [0.4, 0.5) is 4.39 Å². The van der Waals surface area contributed by atoms with Gasteiger partial charge in [0.15, 0.2) is 0 Å². The van der Waals surface area contributed by atoms with Crippen molar-refractivity contribution in [1.82, 2.24) is 5.32 Å². The Balaban J connectivity index is 2.07. The molecule has 0 saturated carbocycles. The van der Waals surface area contributed by atoms with E-state index in [1.54, 1.807) is 0 Å². The molecular formula is C19H20FNO3. The molecule has 0 heterocycles. The van der Waals surface area contributed by atoms with Crippen LogP contribution in [0, 0.1) is 19.7 Å². The molecule has 1 atom stereocenters. The third-order valence-corrected chi connectivity index (χ3v) is 3.96. The maximum atomic E-state index is 12.9. The molecule has 0 aliphatic rings. The molecule has 0 spiro atoms. The minimum Gasteiger partial charge on any atom is -0.480 e. The zero-order valence-corrected chi connectivity index (χ0v) is 13.7. The maximum absolute atomic E-state index is 12.9. The molecule has 24 heavy (non-hydrogen) atoms. The fourth-order valence-electron chi connectivity index (χ4n) is 2.61. The van der Waals surface area contributed by atoms with Gasteiger partial charge in [0.1, 0.15) is 11.9 Å². The Morgan fingerprint density at radius 1 is 1.08 bits per heavy atom. The summed E-state index contributed by atoms with van der Waals surface area (Å²) >= 11 is 0. The summed E-state index contributed by atoms with van der Waals surface area (Å²) in [5.74, 6) is -1.86. The Morgan fingerprint density at radius 3 is 2.21 bits per heavy atom. The first-order valence-corrected chi connectivity index (χ1v) is 7.68. The lowest BCUT2D eigenvalue weighted by atomic mass is 9.96. The molecule has 0 saturated heterocycles. The van der Waals surface area contributed by atoms with Gasteiger partial charge in [0.2, 0.25) is 5.91 Å². The van der Waals surface area contributed by atoms with Gasteiger partial charge in [-0.05, 0) is 48.2 Å². The van der Waals surface area contributed by atoms with Crippen molar-refractivity contribution in [2.45, 2.75) is 32.7 Å². The first kappa shape index (κ1) is 17.7. The number of benzene rings is 2. The number of aryl methyl sites for hydroxylation is 2. The third kappa shape index (κ3) is 4.65. The van der Waals surface area contributed by atoms with E-state index in [-0.39, 0.29) is 18.7 Å². The minimum absolute atomic E-state index is 0.0107. The van der Waals surface area contributed by atoms with Crippen molar-refractivity contribution in [2.75, 3.05) is 0 Å². The predicted octanol–water partition coefficient (Wildman–Crippen LogP) is 2.80. The summed E-state index contributed by atoms with van der Waals surface area (Å²) in [5, 5.41) is 12.0. The molecule has 2 N–H and O–H groups in total. The van der Waals surface area contributed by atoms with Gasteiger partial charge in [-0.1, -0.05) is 30.3 Å². The van der Waals surface area contributed by atoms with Gasteiger partial charge in [-0.25, -0.2) is 9.18 Å². The largest absolute Gasteiger partial charge is 0.480 e. The van der Waals surface area contributed by atoms with E-state index in [9.17, 15) is 19.1 Å². The van der Waals surface area contributed by atoms with Crippen LogP contribution in [-0.4, -0.2) is 23.0 Å². The van der Waals surface area contributed by atoms with E-state index < -0.39 is 17.9 Å². The molecule has 0 aromatic heterocycles. The summed E-state index contributed by atoms with van der Waals surface area (Å²) in [5.41, 5.74) is 3.54. The van der Waals surface area contributed by atoms with Crippen LogP contribution < -0.4 is 5.32 Å². The molecular weight excluding hydrogens is 309 g/mol. The van der Waals surface area contributed by atoms with Gasteiger partial charge in [0, 0.05) is 6.42 Å². The quantitative estimate of drug-likeness (QED) is 0.856. The number of carbonyl (C=O) groups excluding carboxylic acids is 1. The monoisotopic (exact) mass is 329 g/mol. The molecule has 5 heteroatoms. The van der Waals surface area contributed by atoms with Crippen LogP contribution in [0.25, 0.3) is 0 Å². The molecule has 0 aliphatic heterocycles. The minimum atomic E-state index is -1.08. The van der Waals surface area contributed by atoms with Crippen molar-refractivity contribution in [3.05, 3.63) is 70.5 Å². The van der Waals surface area contributed by atoms with Crippen LogP contribution in [-0.2, 0) is 22.4 Å². The van der Waals surface area contributed by atoms with Crippen molar-refractivity contribution >= 4 is 11.9 Å². The SMILES string of the molecule is Cc1cccc(C)c1C[C@@H](NC(=O)Cc1ccc(F)cc1)C(=O)O. The summed E-state index contributed by atoms with van der Waals surface area (Å²) in [4.78, 5) is 23.6. The third-order valence-electron chi connectivity index (χ3n) is 3.96. The van der Waals surface area contributed by atoms with E-state index in [1.807, 2.05) is 32.0 Å². The normalized spacial score (nSPS) is 11.8. The average Bonchev–Trinajstić information content (AvgIpc) is 2.52. The lowest BCUT2D eigenvalue weighted by Gasteiger charge is -2.17. The summed E-state index contributed by atoms with van der Waals surface area (Å²) < 4.78 is 12.9. The predicted molar refractivity (Wildman–Crippen MR) is 89.3 cm³/mol. The fourth-order valence-corrected chi connectivity index (χ4v) is 2.61. The number of amides is 1. The van der Waals surface area contributed by atoms with Crippen LogP contribution in [0.1, 0.15) is 22.3 Å². The molecule has 0 aliphatic carbocycles. The molecule has 126 valence electrons. The van der Waals surface area contributed by atoms with Crippen LogP contribution in [0.2, 0.25) is 0 Å². The second kappa shape index (κ2) is 7.73. The van der Waals surface area contributed by atoms with Gasteiger partial charge in [0.05, 0.1) is 6.42 Å². The van der Waals surface area contributed by atoms with Crippen molar-refractivity contribution in [2.24, 2.45) is 0 Å². The maximum Gasteiger partial charge on any atom is 0.326 e. The number of nitrogens with one attached hydrogen (secondary N) is 1. The summed E-state index contributed by atoms with van der Waals surface area (Å²) in [6, 6.07) is 10.3. The number of hydrogen-bond donors (Lipinski definition) is 2. The van der Waals surface area contributed by atoms with Gasteiger partial charge in [-0.15, -0.1) is 0 Å². The van der Waals surface area contributed by atoms with Crippen molar-refractivity contribution in [3.63, 3.8) is 0 Å². The molecule has 2 aromatic carbocycles. The highest BCUT2D eigenvalue weighted by atomic mass is 19.1. The van der Waals surface area contributed by atoms with Crippen molar-refractivity contribution in [1.29, 1.82) is 0 Å². The number of carbonyl (C=O) groups is 2. The first-order chi connectivity index (χ1) is 11.4. The molecule has 4 nitrogen and oxygen atoms in total. The first-order valence-electron chi connectivity index (χ1n) is 7.68. The smallest absolute Gasteiger partial charge is 0.326 e. The Bertz CT molecular complexity index is 721. The number of halogens is 1. The Hall–Kier alpha value is -2.69. The highest BCUT2D eigenvalue weighted by molar-refractivity contribution is 5.85. The zero-order valence-electron chi connectivity index (χ0n) is 13.7. The van der Waals surface area contributed by atoms with E-state index in [0.29, 0.717) is 5.56 Å². The Kier molecular flexibility index (Phi) is 5.68. The molecule has 0 fully saturated rings. The number of hydrogen-bond acceptors (Lipinski definition) is 2. The molecule has 0 radical (unpaired) electrons. The summed E-state index contributed by atoms with van der Waals surface area (Å²) in [6.45, 7) is 3.84. The molecule has 0 unspecified atom stereocenters. The lowest BCUT2D eigenvalue weighted by molar-refractivity contribution is -0.141.